The van der Waals surface area contributed by atoms with E-state index in [2.05, 4.69) is 51.2 Å². The second-order valence-electron chi connectivity index (χ2n) is 4.34. The molecule has 0 radical (unpaired) electrons. The van der Waals surface area contributed by atoms with Gasteiger partial charge in [0.25, 0.3) is 0 Å². The van der Waals surface area contributed by atoms with E-state index in [4.69, 9.17) is 11.6 Å². The van der Waals surface area contributed by atoms with E-state index in [0.717, 1.165) is 32.8 Å². The molecule has 0 aliphatic carbocycles. The zero-order chi connectivity index (χ0) is 13.8. The van der Waals surface area contributed by atoms with Crippen LogP contribution in [0.3, 0.4) is 0 Å². The molecule has 0 aliphatic rings. The maximum Gasteiger partial charge on any atom is 0.0798 e. The Kier molecular flexibility index (Phi) is 5.18. The van der Waals surface area contributed by atoms with Crippen LogP contribution >= 0.6 is 34.2 Å². The van der Waals surface area contributed by atoms with Crippen molar-refractivity contribution in [2.24, 2.45) is 7.05 Å². The largest absolute Gasteiger partial charge is 0.305 e. The summed E-state index contributed by atoms with van der Waals surface area (Å²) in [5.41, 5.74) is 2.16. The lowest BCUT2D eigenvalue weighted by atomic mass is 10.0. The number of nitrogens with zero attached hydrogens (tertiary/aromatic N) is 3. The summed E-state index contributed by atoms with van der Waals surface area (Å²) in [7, 11) is 1.90. The number of benzene rings is 1. The first kappa shape index (κ1) is 14.7. The Morgan fingerprint density at radius 2 is 2.26 bits per heavy atom. The van der Waals surface area contributed by atoms with E-state index in [1.54, 1.807) is 10.9 Å². The summed E-state index contributed by atoms with van der Waals surface area (Å²) >= 11 is 8.45. The summed E-state index contributed by atoms with van der Waals surface area (Å²) < 4.78 is 2.85. The molecule has 0 saturated carbocycles. The maximum absolute atomic E-state index is 6.22. The average Bonchev–Trinajstić information content (AvgIpc) is 2.80. The standard InChI is InChI=1S/C13H16ClIN4/c1-3-6-16-13(12-8-17-18-19(12)2)9-4-5-11(15)10(14)7-9/h4-5,7-8,13,16H,3,6H2,1-2H3. The Hall–Kier alpha value is -0.660. The van der Waals surface area contributed by atoms with Crippen molar-refractivity contribution in [1.29, 1.82) is 0 Å². The van der Waals surface area contributed by atoms with E-state index >= 15 is 0 Å². The highest BCUT2D eigenvalue weighted by atomic mass is 127. The monoisotopic (exact) mass is 390 g/mol. The molecule has 102 valence electrons. The fourth-order valence-electron chi connectivity index (χ4n) is 1.93. The molecule has 0 bridgehead atoms. The molecule has 1 heterocycles. The molecular weight excluding hydrogens is 375 g/mol. The smallest absolute Gasteiger partial charge is 0.0798 e. The Labute approximate surface area is 131 Å². The number of aryl methyl sites for hydroxylation is 1. The van der Waals surface area contributed by atoms with Gasteiger partial charge in [0.1, 0.15) is 0 Å². The normalized spacial score (nSPS) is 12.6. The summed E-state index contributed by atoms with van der Waals surface area (Å²) in [5, 5.41) is 12.2. The Morgan fingerprint density at radius 3 is 2.84 bits per heavy atom. The van der Waals surface area contributed by atoms with Crippen LogP contribution in [0, 0.1) is 3.57 Å². The predicted molar refractivity (Wildman–Crippen MR) is 85.3 cm³/mol. The Balaban J connectivity index is 2.37. The van der Waals surface area contributed by atoms with Gasteiger partial charge in [0.2, 0.25) is 0 Å². The fraction of sp³-hybridized carbons (Fsp3) is 0.385. The number of halogens is 2. The molecule has 2 aromatic rings. The number of aromatic nitrogens is 3. The third-order valence-corrected chi connectivity index (χ3v) is 4.49. The summed E-state index contributed by atoms with van der Waals surface area (Å²) in [4.78, 5) is 0. The Morgan fingerprint density at radius 1 is 1.47 bits per heavy atom. The van der Waals surface area contributed by atoms with Crippen LogP contribution < -0.4 is 5.32 Å². The third-order valence-electron chi connectivity index (χ3n) is 2.92. The maximum atomic E-state index is 6.22. The summed E-state index contributed by atoms with van der Waals surface area (Å²) in [6.07, 6.45) is 2.86. The van der Waals surface area contributed by atoms with Gasteiger partial charge in [0, 0.05) is 10.6 Å². The van der Waals surface area contributed by atoms with E-state index in [0.29, 0.717) is 0 Å². The lowest BCUT2D eigenvalue weighted by molar-refractivity contribution is 0.550. The summed E-state index contributed by atoms with van der Waals surface area (Å²) in [5.74, 6) is 0. The van der Waals surface area contributed by atoms with Crippen LogP contribution in [0.2, 0.25) is 5.02 Å². The molecule has 1 aromatic carbocycles. The minimum absolute atomic E-state index is 0.0643. The molecule has 1 aromatic heterocycles. The second kappa shape index (κ2) is 6.67. The van der Waals surface area contributed by atoms with Gasteiger partial charge >= 0.3 is 0 Å². The summed E-state index contributed by atoms with van der Waals surface area (Å²) in [6.45, 7) is 3.08. The highest BCUT2D eigenvalue weighted by Crippen LogP contribution is 2.26. The first-order chi connectivity index (χ1) is 9.13. The molecule has 4 nitrogen and oxygen atoms in total. The third kappa shape index (κ3) is 3.46. The van der Waals surface area contributed by atoms with Gasteiger partial charge in [0.05, 0.1) is 23.0 Å². The number of hydrogen-bond donors (Lipinski definition) is 1. The van der Waals surface area contributed by atoms with E-state index in [1.165, 1.54) is 0 Å². The van der Waals surface area contributed by atoms with E-state index in [1.807, 2.05) is 19.2 Å². The lowest BCUT2D eigenvalue weighted by Gasteiger charge is -2.19. The van der Waals surface area contributed by atoms with Crippen molar-refractivity contribution < 1.29 is 0 Å². The van der Waals surface area contributed by atoms with Crippen molar-refractivity contribution in [2.75, 3.05) is 6.54 Å². The fourth-order valence-corrected chi connectivity index (χ4v) is 2.46. The van der Waals surface area contributed by atoms with Gasteiger partial charge in [0.15, 0.2) is 0 Å². The van der Waals surface area contributed by atoms with Gasteiger partial charge in [-0.15, -0.1) is 5.10 Å². The summed E-state index contributed by atoms with van der Waals surface area (Å²) in [6, 6.07) is 6.19. The Bertz CT molecular complexity index is 555. The molecule has 0 saturated heterocycles. The van der Waals surface area contributed by atoms with Crippen LogP contribution in [0.1, 0.15) is 30.6 Å². The highest BCUT2D eigenvalue weighted by Gasteiger charge is 2.18. The molecule has 0 fully saturated rings. The predicted octanol–water partition coefficient (Wildman–Crippen LogP) is 3.16. The van der Waals surface area contributed by atoms with Crippen molar-refractivity contribution in [3.8, 4) is 0 Å². The molecule has 1 atom stereocenters. The minimum atomic E-state index is 0.0643. The molecule has 0 amide bonds. The van der Waals surface area contributed by atoms with Crippen molar-refractivity contribution >= 4 is 34.2 Å². The second-order valence-corrected chi connectivity index (χ2v) is 5.91. The minimum Gasteiger partial charge on any atom is -0.305 e. The van der Waals surface area contributed by atoms with Gasteiger partial charge in [-0.3, -0.25) is 4.68 Å². The van der Waals surface area contributed by atoms with Crippen molar-refractivity contribution in [3.05, 3.63) is 44.2 Å². The van der Waals surface area contributed by atoms with Crippen LogP contribution in [0.15, 0.2) is 24.4 Å². The molecule has 2 rings (SSSR count). The number of rotatable bonds is 5. The topological polar surface area (TPSA) is 42.7 Å². The zero-order valence-electron chi connectivity index (χ0n) is 10.9. The molecule has 19 heavy (non-hydrogen) atoms. The SMILES string of the molecule is CCCNC(c1ccc(I)c(Cl)c1)c1cnnn1C. The van der Waals surface area contributed by atoms with Gasteiger partial charge in [-0.1, -0.05) is 29.8 Å². The van der Waals surface area contributed by atoms with Gasteiger partial charge in [-0.25, -0.2) is 0 Å². The molecule has 0 spiro atoms. The van der Waals surface area contributed by atoms with Gasteiger partial charge in [-0.2, -0.15) is 0 Å². The average molecular weight is 391 g/mol. The van der Waals surface area contributed by atoms with E-state index < -0.39 is 0 Å². The quantitative estimate of drug-likeness (QED) is 0.798. The molecule has 1 N–H and O–H groups in total. The van der Waals surface area contributed by atoms with Crippen molar-refractivity contribution in [3.63, 3.8) is 0 Å². The zero-order valence-corrected chi connectivity index (χ0v) is 13.8. The molecular formula is C13H16ClIN4. The highest BCUT2D eigenvalue weighted by molar-refractivity contribution is 14.1. The van der Waals surface area contributed by atoms with Crippen LogP contribution in [-0.2, 0) is 7.05 Å². The first-order valence-electron chi connectivity index (χ1n) is 6.16. The van der Waals surface area contributed by atoms with Gasteiger partial charge < -0.3 is 5.32 Å². The van der Waals surface area contributed by atoms with Crippen LogP contribution in [0.4, 0.5) is 0 Å². The first-order valence-corrected chi connectivity index (χ1v) is 7.62. The van der Waals surface area contributed by atoms with Crippen LogP contribution in [0.25, 0.3) is 0 Å². The number of hydrogen-bond acceptors (Lipinski definition) is 3. The molecule has 0 aliphatic heterocycles. The van der Waals surface area contributed by atoms with Crippen LogP contribution in [-0.4, -0.2) is 21.5 Å². The van der Waals surface area contributed by atoms with Crippen molar-refractivity contribution in [2.45, 2.75) is 19.4 Å². The van der Waals surface area contributed by atoms with Crippen LogP contribution in [0.5, 0.6) is 0 Å². The number of nitrogens with one attached hydrogen (secondary N) is 1. The lowest BCUT2D eigenvalue weighted by Crippen LogP contribution is -2.25. The molecule has 1 unspecified atom stereocenters. The van der Waals surface area contributed by atoms with E-state index in [-0.39, 0.29) is 6.04 Å². The van der Waals surface area contributed by atoms with Crippen molar-refractivity contribution in [1.82, 2.24) is 20.3 Å². The molecule has 6 heteroatoms. The van der Waals surface area contributed by atoms with E-state index in [9.17, 15) is 0 Å². The van der Waals surface area contributed by atoms with Gasteiger partial charge in [-0.05, 0) is 53.3 Å².